The Morgan fingerprint density at radius 2 is 1.50 bits per heavy atom. The summed E-state index contributed by atoms with van der Waals surface area (Å²) in [7, 11) is 0. The fourth-order valence-electron chi connectivity index (χ4n) is 1.72. The van der Waals surface area contributed by atoms with Gasteiger partial charge in [0.2, 0.25) is 0 Å². The molecule has 1 N–H and O–H groups in total. The molecule has 1 atom stereocenters. The van der Waals surface area contributed by atoms with Gasteiger partial charge in [-0.2, -0.15) is 0 Å². The molecule has 0 aliphatic heterocycles. The summed E-state index contributed by atoms with van der Waals surface area (Å²) >= 11 is 0. The molecule has 0 rings (SSSR count). The third-order valence-corrected chi connectivity index (χ3v) is 2.68. The maximum Gasteiger partial charge on any atom is 0.0540 e. The van der Waals surface area contributed by atoms with Crippen LogP contribution < -0.4 is 0 Å². The van der Waals surface area contributed by atoms with Gasteiger partial charge >= 0.3 is 0 Å². The molecule has 0 saturated heterocycles. The van der Waals surface area contributed by atoms with Crippen LogP contribution in [-0.4, -0.2) is 11.2 Å². The zero-order valence-electron chi connectivity index (χ0n) is 9.80. The van der Waals surface area contributed by atoms with Crippen LogP contribution in [0, 0.1) is 6.92 Å². The third kappa shape index (κ3) is 10.0. The topological polar surface area (TPSA) is 20.2 Å². The lowest BCUT2D eigenvalue weighted by Gasteiger charge is -2.08. The Bertz CT molecular complexity index is 101. The first-order chi connectivity index (χ1) is 6.81. The highest BCUT2D eigenvalue weighted by molar-refractivity contribution is 4.57. The Labute approximate surface area is 89.9 Å². The largest absolute Gasteiger partial charge is 0.393 e. The van der Waals surface area contributed by atoms with Crippen LogP contribution >= 0.6 is 0 Å². The van der Waals surface area contributed by atoms with Gasteiger partial charge in [-0.05, 0) is 12.8 Å². The van der Waals surface area contributed by atoms with Gasteiger partial charge in [0.05, 0.1) is 6.10 Å². The lowest BCUT2D eigenvalue weighted by atomic mass is 10.0. The van der Waals surface area contributed by atoms with Crippen LogP contribution in [-0.2, 0) is 0 Å². The maximum absolute atomic E-state index is 9.45. The number of unbranched alkanes of at least 4 members (excludes halogenated alkanes) is 6. The molecule has 1 radical (unpaired) electrons. The van der Waals surface area contributed by atoms with Crippen LogP contribution in [0.5, 0.6) is 0 Å². The highest BCUT2D eigenvalue weighted by atomic mass is 16.3. The van der Waals surface area contributed by atoms with E-state index in [9.17, 15) is 5.11 Å². The molecule has 14 heavy (non-hydrogen) atoms. The van der Waals surface area contributed by atoms with Crippen molar-refractivity contribution in [1.82, 2.24) is 0 Å². The number of rotatable bonds is 10. The monoisotopic (exact) mass is 199 g/mol. The summed E-state index contributed by atoms with van der Waals surface area (Å²) < 4.78 is 0. The molecular weight excluding hydrogens is 172 g/mol. The zero-order valence-corrected chi connectivity index (χ0v) is 9.80. The van der Waals surface area contributed by atoms with Crippen LogP contribution in [0.4, 0.5) is 0 Å². The minimum atomic E-state index is -0.0943. The van der Waals surface area contributed by atoms with Gasteiger partial charge in [0, 0.05) is 0 Å². The summed E-state index contributed by atoms with van der Waals surface area (Å²) in [6, 6.07) is 0. The van der Waals surface area contributed by atoms with E-state index in [4.69, 9.17) is 0 Å². The van der Waals surface area contributed by atoms with E-state index in [0.717, 1.165) is 19.3 Å². The van der Waals surface area contributed by atoms with Gasteiger partial charge in [-0.3, -0.25) is 0 Å². The van der Waals surface area contributed by atoms with Crippen molar-refractivity contribution in [2.75, 3.05) is 0 Å². The predicted octanol–water partition coefficient (Wildman–Crippen LogP) is 4.10. The van der Waals surface area contributed by atoms with Gasteiger partial charge in [-0.15, -0.1) is 0 Å². The van der Waals surface area contributed by atoms with Gasteiger partial charge in [0.15, 0.2) is 0 Å². The van der Waals surface area contributed by atoms with E-state index in [1.807, 2.05) is 0 Å². The lowest BCUT2D eigenvalue weighted by molar-refractivity contribution is 0.152. The SMILES string of the molecule is [CH2]CCC(O)CCCCCCCCC. The number of hydrogen-bond acceptors (Lipinski definition) is 1. The molecule has 0 aromatic rings. The Hall–Kier alpha value is -0.0400. The second-order valence-corrected chi connectivity index (χ2v) is 4.21. The van der Waals surface area contributed by atoms with Gasteiger partial charge in [-0.1, -0.05) is 65.2 Å². The van der Waals surface area contributed by atoms with Crippen LogP contribution in [0.1, 0.15) is 71.1 Å². The number of hydrogen-bond donors (Lipinski definition) is 1. The van der Waals surface area contributed by atoms with Crippen molar-refractivity contribution in [3.05, 3.63) is 6.92 Å². The zero-order chi connectivity index (χ0) is 10.6. The first-order valence-electron chi connectivity index (χ1n) is 6.28. The van der Waals surface area contributed by atoms with Crippen molar-refractivity contribution in [2.45, 2.75) is 77.2 Å². The second-order valence-electron chi connectivity index (χ2n) is 4.21. The molecule has 0 aromatic heterocycles. The first-order valence-corrected chi connectivity index (χ1v) is 6.28. The van der Waals surface area contributed by atoms with Gasteiger partial charge in [0.25, 0.3) is 0 Å². The van der Waals surface area contributed by atoms with E-state index in [1.165, 1.54) is 44.9 Å². The minimum Gasteiger partial charge on any atom is -0.393 e. The molecule has 0 amide bonds. The minimum absolute atomic E-state index is 0.0943. The summed E-state index contributed by atoms with van der Waals surface area (Å²) in [6.45, 7) is 5.99. The summed E-state index contributed by atoms with van der Waals surface area (Å²) in [5.74, 6) is 0. The van der Waals surface area contributed by atoms with E-state index in [-0.39, 0.29) is 6.10 Å². The van der Waals surface area contributed by atoms with E-state index in [0.29, 0.717) is 0 Å². The second kappa shape index (κ2) is 11.0. The van der Waals surface area contributed by atoms with Crippen LogP contribution in [0.25, 0.3) is 0 Å². The van der Waals surface area contributed by atoms with Crippen LogP contribution in [0.2, 0.25) is 0 Å². The molecule has 0 aliphatic carbocycles. The van der Waals surface area contributed by atoms with Crippen molar-refractivity contribution in [1.29, 1.82) is 0 Å². The van der Waals surface area contributed by atoms with Gasteiger partial charge in [-0.25, -0.2) is 0 Å². The molecule has 0 bridgehead atoms. The Kier molecular flexibility index (Phi) is 11.0. The van der Waals surface area contributed by atoms with E-state index < -0.39 is 0 Å². The molecule has 1 unspecified atom stereocenters. The molecular formula is C13H27O. The van der Waals surface area contributed by atoms with E-state index in [1.54, 1.807) is 0 Å². The number of aliphatic hydroxyl groups is 1. The third-order valence-electron chi connectivity index (χ3n) is 2.68. The van der Waals surface area contributed by atoms with Crippen molar-refractivity contribution in [3.63, 3.8) is 0 Å². The number of aliphatic hydroxyl groups excluding tert-OH is 1. The molecule has 0 fully saturated rings. The fraction of sp³-hybridized carbons (Fsp3) is 0.923. The van der Waals surface area contributed by atoms with E-state index >= 15 is 0 Å². The van der Waals surface area contributed by atoms with E-state index in [2.05, 4.69) is 13.8 Å². The van der Waals surface area contributed by atoms with Gasteiger partial charge < -0.3 is 5.11 Å². The molecule has 0 aliphatic rings. The normalized spacial score (nSPS) is 13.1. The molecule has 0 spiro atoms. The lowest BCUT2D eigenvalue weighted by Crippen LogP contribution is -2.04. The molecule has 0 saturated carbocycles. The Morgan fingerprint density at radius 1 is 0.929 bits per heavy atom. The summed E-state index contributed by atoms with van der Waals surface area (Å²) in [5, 5.41) is 9.45. The highest BCUT2D eigenvalue weighted by Crippen LogP contribution is 2.11. The summed E-state index contributed by atoms with van der Waals surface area (Å²) in [5.41, 5.74) is 0. The van der Waals surface area contributed by atoms with Gasteiger partial charge in [0.1, 0.15) is 0 Å². The maximum atomic E-state index is 9.45. The van der Waals surface area contributed by atoms with Crippen molar-refractivity contribution in [2.24, 2.45) is 0 Å². The quantitative estimate of drug-likeness (QED) is 0.525. The smallest absolute Gasteiger partial charge is 0.0540 e. The molecule has 85 valence electrons. The predicted molar refractivity (Wildman–Crippen MR) is 63.2 cm³/mol. The van der Waals surface area contributed by atoms with Crippen molar-refractivity contribution in [3.8, 4) is 0 Å². The highest BCUT2D eigenvalue weighted by Gasteiger charge is 2.01. The molecule has 1 heteroatoms. The first kappa shape index (κ1) is 14.0. The van der Waals surface area contributed by atoms with Crippen LogP contribution in [0.15, 0.2) is 0 Å². The Morgan fingerprint density at radius 3 is 2.07 bits per heavy atom. The summed E-state index contributed by atoms with van der Waals surface area (Å²) in [4.78, 5) is 0. The van der Waals surface area contributed by atoms with Crippen molar-refractivity contribution >= 4 is 0 Å². The van der Waals surface area contributed by atoms with Crippen molar-refractivity contribution < 1.29 is 5.11 Å². The fourth-order valence-corrected chi connectivity index (χ4v) is 1.72. The van der Waals surface area contributed by atoms with Crippen LogP contribution in [0.3, 0.4) is 0 Å². The molecule has 0 heterocycles. The summed E-state index contributed by atoms with van der Waals surface area (Å²) in [6.07, 6.45) is 11.9. The standard InChI is InChI=1S/C13H27O/c1-3-5-6-7-8-9-10-12-13(14)11-4-2/h13-14H,2-12H2,1H3. The average Bonchev–Trinajstić information content (AvgIpc) is 2.17. The Balaban J connectivity index is 2.98. The molecule has 0 aromatic carbocycles. The molecule has 1 nitrogen and oxygen atoms in total. The average molecular weight is 199 g/mol.